The minimum Gasteiger partial charge on any atom is -0.493 e. The summed E-state index contributed by atoms with van der Waals surface area (Å²) in [6.45, 7) is 2.47. The molecule has 0 amide bonds. The molecule has 0 aromatic heterocycles. The van der Waals surface area contributed by atoms with Crippen LogP contribution in [0.3, 0.4) is 0 Å². The van der Waals surface area contributed by atoms with Crippen molar-refractivity contribution in [3.05, 3.63) is 59.2 Å². The molecule has 0 saturated carbocycles. The Morgan fingerprint density at radius 1 is 1.13 bits per heavy atom. The Morgan fingerprint density at radius 2 is 1.87 bits per heavy atom. The number of ether oxygens (including phenoxy) is 2. The number of guanidine groups is 1. The highest BCUT2D eigenvalue weighted by Crippen LogP contribution is 2.30. The first kappa shape index (κ1) is 16.4. The summed E-state index contributed by atoms with van der Waals surface area (Å²) in [5.41, 5.74) is 13.5. The first-order chi connectivity index (χ1) is 11.1. The molecular weight excluding hydrogens is 292 g/mol. The normalized spacial score (nSPS) is 10.5. The van der Waals surface area contributed by atoms with Crippen molar-refractivity contribution in [2.45, 2.75) is 13.5 Å². The van der Waals surface area contributed by atoms with Crippen LogP contribution in [0.15, 0.2) is 52.7 Å². The van der Waals surface area contributed by atoms with Crippen LogP contribution in [0.5, 0.6) is 11.5 Å². The van der Waals surface area contributed by atoms with Gasteiger partial charge in [-0.1, -0.05) is 35.9 Å². The summed E-state index contributed by atoms with van der Waals surface area (Å²) in [4.78, 5) is 0. The molecule has 0 aliphatic rings. The third kappa shape index (κ3) is 4.74. The van der Waals surface area contributed by atoms with E-state index in [1.807, 2.05) is 49.4 Å². The van der Waals surface area contributed by atoms with Crippen molar-refractivity contribution in [3.63, 3.8) is 0 Å². The molecule has 2 rings (SSSR count). The van der Waals surface area contributed by atoms with Gasteiger partial charge in [0, 0.05) is 5.56 Å². The Bertz CT molecular complexity index is 705. The molecule has 0 unspecified atom stereocenters. The van der Waals surface area contributed by atoms with E-state index < -0.39 is 0 Å². The monoisotopic (exact) mass is 312 g/mol. The first-order valence-electron chi connectivity index (χ1n) is 7.07. The van der Waals surface area contributed by atoms with E-state index in [4.69, 9.17) is 20.9 Å². The van der Waals surface area contributed by atoms with Crippen LogP contribution in [0.25, 0.3) is 0 Å². The summed E-state index contributed by atoms with van der Waals surface area (Å²) in [5, 5.41) is 7.41. The van der Waals surface area contributed by atoms with E-state index in [0.29, 0.717) is 18.1 Å². The summed E-state index contributed by atoms with van der Waals surface area (Å²) < 4.78 is 11.3. The number of hydrogen-bond acceptors (Lipinski definition) is 4. The number of nitrogens with two attached hydrogens (primary N) is 2. The molecule has 0 radical (unpaired) electrons. The summed E-state index contributed by atoms with van der Waals surface area (Å²) in [7, 11) is 1.59. The second-order valence-corrected chi connectivity index (χ2v) is 4.92. The van der Waals surface area contributed by atoms with Gasteiger partial charge in [-0.15, -0.1) is 5.10 Å². The van der Waals surface area contributed by atoms with Crippen LogP contribution in [-0.4, -0.2) is 19.3 Å². The SMILES string of the molecule is COc1cccc(/C=N/N=C(N)N)c1OCc1ccc(C)cc1. The molecule has 0 spiro atoms. The molecule has 0 bridgehead atoms. The van der Waals surface area contributed by atoms with E-state index in [1.54, 1.807) is 7.11 Å². The Kier molecular flexibility index (Phi) is 5.57. The zero-order valence-corrected chi connectivity index (χ0v) is 13.2. The lowest BCUT2D eigenvalue weighted by Gasteiger charge is -2.13. The Balaban J connectivity index is 2.22. The maximum atomic E-state index is 5.92. The molecule has 2 aromatic carbocycles. The van der Waals surface area contributed by atoms with E-state index in [9.17, 15) is 0 Å². The maximum absolute atomic E-state index is 5.92. The largest absolute Gasteiger partial charge is 0.493 e. The smallest absolute Gasteiger partial charge is 0.211 e. The average Bonchev–Trinajstić information content (AvgIpc) is 2.54. The van der Waals surface area contributed by atoms with Gasteiger partial charge >= 0.3 is 0 Å². The lowest BCUT2D eigenvalue weighted by molar-refractivity contribution is 0.284. The molecule has 2 aromatic rings. The highest BCUT2D eigenvalue weighted by molar-refractivity contribution is 5.86. The molecule has 6 heteroatoms. The number of methoxy groups -OCH3 is 1. The fourth-order valence-electron chi connectivity index (χ4n) is 1.95. The quantitative estimate of drug-likeness (QED) is 0.485. The van der Waals surface area contributed by atoms with Gasteiger partial charge in [-0.3, -0.25) is 0 Å². The van der Waals surface area contributed by atoms with Crippen LogP contribution in [0.1, 0.15) is 16.7 Å². The molecular formula is C17H20N4O2. The summed E-state index contributed by atoms with van der Waals surface area (Å²) in [6, 6.07) is 13.6. The average molecular weight is 312 g/mol. The van der Waals surface area contributed by atoms with Crippen LogP contribution in [-0.2, 0) is 6.61 Å². The van der Waals surface area contributed by atoms with Gasteiger partial charge < -0.3 is 20.9 Å². The van der Waals surface area contributed by atoms with Crippen molar-refractivity contribution in [1.29, 1.82) is 0 Å². The van der Waals surface area contributed by atoms with Gasteiger partial charge in [-0.25, -0.2) is 0 Å². The first-order valence-corrected chi connectivity index (χ1v) is 7.07. The number of hydrogen-bond donors (Lipinski definition) is 2. The molecule has 0 fully saturated rings. The number of para-hydroxylation sites is 1. The highest BCUT2D eigenvalue weighted by Gasteiger charge is 2.09. The zero-order chi connectivity index (χ0) is 16.7. The Morgan fingerprint density at radius 3 is 2.52 bits per heavy atom. The molecule has 0 atom stereocenters. The predicted octanol–water partition coefficient (Wildman–Crippen LogP) is 2.19. The Hall–Kier alpha value is -3.02. The van der Waals surface area contributed by atoms with Gasteiger partial charge in [0.05, 0.1) is 13.3 Å². The van der Waals surface area contributed by atoms with Gasteiger partial charge in [-0.2, -0.15) is 5.10 Å². The topological polar surface area (TPSA) is 95.2 Å². The number of benzene rings is 2. The van der Waals surface area contributed by atoms with Crippen LogP contribution in [0.4, 0.5) is 0 Å². The van der Waals surface area contributed by atoms with Crippen LogP contribution < -0.4 is 20.9 Å². The maximum Gasteiger partial charge on any atom is 0.211 e. The van der Waals surface area contributed by atoms with Crippen LogP contribution >= 0.6 is 0 Å². The van der Waals surface area contributed by atoms with Gasteiger partial charge in [0.1, 0.15) is 6.61 Å². The fraction of sp³-hybridized carbons (Fsp3) is 0.176. The highest BCUT2D eigenvalue weighted by atomic mass is 16.5. The zero-order valence-electron chi connectivity index (χ0n) is 13.2. The molecule has 4 N–H and O–H groups in total. The lowest BCUT2D eigenvalue weighted by atomic mass is 10.1. The molecule has 0 aliphatic heterocycles. The number of rotatable bonds is 6. The van der Waals surface area contributed by atoms with E-state index in [-0.39, 0.29) is 5.96 Å². The molecule has 0 aliphatic carbocycles. The standard InChI is InChI=1S/C17H20N4O2/c1-12-6-8-13(9-7-12)11-23-16-14(10-20-21-17(18)19)4-3-5-15(16)22-2/h3-10H,11H2,1-2H3,(H4,18,19,21)/b20-10+. The van der Waals surface area contributed by atoms with E-state index >= 15 is 0 Å². The predicted molar refractivity (Wildman–Crippen MR) is 91.9 cm³/mol. The second-order valence-electron chi connectivity index (χ2n) is 4.92. The van der Waals surface area contributed by atoms with Gasteiger partial charge in [-0.05, 0) is 24.6 Å². The van der Waals surface area contributed by atoms with Crippen molar-refractivity contribution in [2.24, 2.45) is 21.7 Å². The minimum absolute atomic E-state index is 0.105. The van der Waals surface area contributed by atoms with E-state index in [1.165, 1.54) is 11.8 Å². The van der Waals surface area contributed by atoms with Crippen molar-refractivity contribution in [1.82, 2.24) is 0 Å². The molecule has 6 nitrogen and oxygen atoms in total. The minimum atomic E-state index is -0.105. The van der Waals surface area contributed by atoms with Gasteiger partial charge in [0.15, 0.2) is 11.5 Å². The van der Waals surface area contributed by atoms with E-state index in [2.05, 4.69) is 10.2 Å². The van der Waals surface area contributed by atoms with Crippen molar-refractivity contribution >= 4 is 12.2 Å². The summed E-state index contributed by atoms with van der Waals surface area (Å²) in [5.74, 6) is 1.10. The van der Waals surface area contributed by atoms with Crippen LogP contribution in [0.2, 0.25) is 0 Å². The van der Waals surface area contributed by atoms with Crippen molar-refractivity contribution in [2.75, 3.05) is 7.11 Å². The lowest BCUT2D eigenvalue weighted by Crippen LogP contribution is -2.21. The van der Waals surface area contributed by atoms with Crippen molar-refractivity contribution in [3.8, 4) is 11.5 Å². The molecule has 120 valence electrons. The van der Waals surface area contributed by atoms with Gasteiger partial charge in [0.2, 0.25) is 5.96 Å². The molecule has 0 heterocycles. The van der Waals surface area contributed by atoms with Crippen molar-refractivity contribution < 1.29 is 9.47 Å². The number of aryl methyl sites for hydroxylation is 1. The second kappa shape index (κ2) is 7.84. The fourth-order valence-corrected chi connectivity index (χ4v) is 1.95. The molecule has 23 heavy (non-hydrogen) atoms. The third-order valence-electron chi connectivity index (χ3n) is 3.10. The van der Waals surface area contributed by atoms with E-state index in [0.717, 1.165) is 11.1 Å². The van der Waals surface area contributed by atoms with Crippen LogP contribution in [0, 0.1) is 6.92 Å². The molecule has 0 saturated heterocycles. The van der Waals surface area contributed by atoms with Gasteiger partial charge in [0.25, 0.3) is 0 Å². The Labute approximate surface area is 135 Å². The number of nitrogens with zero attached hydrogens (tertiary/aromatic N) is 2. The summed E-state index contributed by atoms with van der Waals surface area (Å²) >= 11 is 0. The third-order valence-corrected chi connectivity index (χ3v) is 3.10. The summed E-state index contributed by atoms with van der Waals surface area (Å²) in [6.07, 6.45) is 1.52.